The number of rotatable bonds is 2. The Bertz CT molecular complexity index is 959. The molecule has 2 N–H and O–H groups in total. The van der Waals surface area contributed by atoms with Gasteiger partial charge in [-0.1, -0.05) is 17.3 Å². The lowest BCUT2D eigenvalue weighted by atomic mass is 9.97. The lowest BCUT2D eigenvalue weighted by Gasteiger charge is -2.39. The van der Waals surface area contributed by atoms with Crippen LogP contribution in [0.1, 0.15) is 34.3 Å². The number of aromatic nitrogens is 4. The molecule has 0 radical (unpaired) electrons. The van der Waals surface area contributed by atoms with Gasteiger partial charge >= 0.3 is 0 Å². The summed E-state index contributed by atoms with van der Waals surface area (Å²) in [4.78, 5) is 23.4. The van der Waals surface area contributed by atoms with E-state index in [1.165, 1.54) is 0 Å². The van der Waals surface area contributed by atoms with Crippen LogP contribution in [0, 0.1) is 0 Å². The molecule has 1 fully saturated rings. The van der Waals surface area contributed by atoms with Crippen LogP contribution in [0.15, 0.2) is 35.1 Å². The van der Waals surface area contributed by atoms with Crippen molar-refractivity contribution >= 4 is 5.91 Å². The third-order valence-electron chi connectivity index (χ3n) is 4.65. The summed E-state index contributed by atoms with van der Waals surface area (Å²) in [6, 6.07) is 7.53. The maximum absolute atomic E-state index is 12.8. The number of nitrogens with zero attached hydrogens (tertiary/aromatic N) is 5. The van der Waals surface area contributed by atoms with Crippen LogP contribution in [0.2, 0.25) is 0 Å². The van der Waals surface area contributed by atoms with Gasteiger partial charge in [0.05, 0.1) is 29.5 Å². The van der Waals surface area contributed by atoms with E-state index in [1.54, 1.807) is 6.33 Å². The molecule has 3 aromatic rings. The van der Waals surface area contributed by atoms with E-state index in [4.69, 9.17) is 10.3 Å². The Morgan fingerprint density at radius 3 is 2.96 bits per heavy atom. The van der Waals surface area contributed by atoms with Crippen molar-refractivity contribution in [3.8, 4) is 17.3 Å². The first-order valence-electron chi connectivity index (χ1n) is 7.78. The van der Waals surface area contributed by atoms with Crippen LogP contribution < -0.4 is 5.73 Å². The Morgan fingerprint density at radius 2 is 2.21 bits per heavy atom. The molecule has 2 aromatic heterocycles. The maximum Gasteiger partial charge on any atom is 0.278 e. The van der Waals surface area contributed by atoms with Crippen LogP contribution >= 0.6 is 0 Å². The van der Waals surface area contributed by atoms with Gasteiger partial charge in [0, 0.05) is 6.54 Å². The molecule has 2 aliphatic heterocycles. The zero-order valence-electron chi connectivity index (χ0n) is 12.7. The van der Waals surface area contributed by atoms with E-state index in [2.05, 4.69) is 15.1 Å². The van der Waals surface area contributed by atoms with Gasteiger partial charge in [-0.25, -0.2) is 4.98 Å². The minimum atomic E-state index is -0.0318. The third kappa shape index (κ3) is 1.65. The first-order valence-corrected chi connectivity index (χ1v) is 7.78. The monoisotopic (exact) mass is 322 g/mol. The molecule has 2 aliphatic rings. The van der Waals surface area contributed by atoms with Crippen LogP contribution in [-0.4, -0.2) is 37.0 Å². The highest BCUT2D eigenvalue weighted by atomic mass is 16.5. The molecular formula is C16H14N6O2. The standard InChI is InChI=1S/C16H14N6O2/c17-7-12-19-15(24-20-12)13-14-11-5-6-21(11)16(23)9-3-1-2-4-10(9)22(14)8-18-13/h1-4,8,11H,5-7,17H2/t11-/m0/s1. The smallest absolute Gasteiger partial charge is 0.278 e. The highest BCUT2D eigenvalue weighted by molar-refractivity contribution is 5.99. The predicted molar refractivity (Wildman–Crippen MR) is 83.1 cm³/mol. The molecule has 0 unspecified atom stereocenters. The lowest BCUT2D eigenvalue weighted by Crippen LogP contribution is -2.44. The number of nitrogens with two attached hydrogens (primary N) is 1. The van der Waals surface area contributed by atoms with E-state index < -0.39 is 0 Å². The summed E-state index contributed by atoms with van der Waals surface area (Å²) in [5.74, 6) is 0.815. The quantitative estimate of drug-likeness (QED) is 0.762. The molecule has 0 saturated carbocycles. The van der Waals surface area contributed by atoms with Crippen LogP contribution in [0.4, 0.5) is 0 Å². The summed E-state index contributed by atoms with van der Waals surface area (Å²) < 4.78 is 7.27. The van der Waals surface area contributed by atoms with E-state index >= 15 is 0 Å². The van der Waals surface area contributed by atoms with Crippen molar-refractivity contribution in [1.29, 1.82) is 0 Å². The van der Waals surface area contributed by atoms with E-state index in [0.717, 1.165) is 24.3 Å². The third-order valence-corrected chi connectivity index (χ3v) is 4.65. The van der Waals surface area contributed by atoms with E-state index in [9.17, 15) is 4.79 Å². The van der Waals surface area contributed by atoms with Gasteiger partial charge in [-0.3, -0.25) is 9.36 Å². The predicted octanol–water partition coefficient (Wildman–Crippen LogP) is 1.28. The topological polar surface area (TPSA) is 103 Å². The van der Waals surface area contributed by atoms with E-state index in [-0.39, 0.29) is 18.5 Å². The summed E-state index contributed by atoms with van der Waals surface area (Å²) >= 11 is 0. The molecule has 5 rings (SSSR count). The van der Waals surface area contributed by atoms with Crippen molar-refractivity contribution in [2.24, 2.45) is 5.73 Å². The van der Waals surface area contributed by atoms with Crippen LogP contribution in [0.5, 0.6) is 0 Å². The second-order valence-electron chi connectivity index (χ2n) is 5.89. The SMILES string of the molecule is NCc1noc(-c2ncn3c2[C@@H]2CCN2C(=O)c2ccccc2-3)n1. The number of hydrogen-bond donors (Lipinski definition) is 1. The first-order chi connectivity index (χ1) is 11.8. The fourth-order valence-electron chi connectivity index (χ4n) is 3.40. The van der Waals surface area contributed by atoms with Crippen molar-refractivity contribution < 1.29 is 9.32 Å². The summed E-state index contributed by atoms with van der Waals surface area (Å²) in [6.45, 7) is 0.941. The zero-order chi connectivity index (χ0) is 16.3. The van der Waals surface area contributed by atoms with Crippen molar-refractivity contribution in [3.63, 3.8) is 0 Å². The molecule has 1 atom stereocenters. The van der Waals surface area contributed by atoms with Crippen LogP contribution in [0.3, 0.4) is 0 Å². The molecular weight excluding hydrogens is 308 g/mol. The fourth-order valence-corrected chi connectivity index (χ4v) is 3.40. The van der Waals surface area contributed by atoms with Gasteiger partial charge in [-0.05, 0) is 18.6 Å². The number of para-hydroxylation sites is 1. The molecule has 4 heterocycles. The first kappa shape index (κ1) is 13.4. The van der Waals surface area contributed by atoms with Crippen LogP contribution in [-0.2, 0) is 6.54 Å². The maximum atomic E-state index is 12.8. The Labute approximate surface area is 136 Å². The van der Waals surface area contributed by atoms with Crippen molar-refractivity contribution in [2.45, 2.75) is 19.0 Å². The van der Waals surface area contributed by atoms with Crippen molar-refractivity contribution in [1.82, 2.24) is 24.6 Å². The Hall–Kier alpha value is -3.00. The molecule has 120 valence electrons. The number of carbonyl (C=O) groups is 1. The summed E-state index contributed by atoms with van der Waals surface area (Å²) in [7, 11) is 0. The Morgan fingerprint density at radius 1 is 1.33 bits per heavy atom. The van der Waals surface area contributed by atoms with E-state index in [0.29, 0.717) is 23.0 Å². The number of fused-ring (bicyclic) bond motifs is 5. The highest BCUT2D eigenvalue weighted by Crippen LogP contribution is 2.43. The largest absolute Gasteiger partial charge is 0.332 e. The molecule has 8 heteroatoms. The number of amides is 1. The second-order valence-corrected chi connectivity index (χ2v) is 5.89. The lowest BCUT2D eigenvalue weighted by molar-refractivity contribution is 0.0461. The molecule has 1 amide bonds. The highest BCUT2D eigenvalue weighted by Gasteiger charge is 2.42. The van der Waals surface area contributed by atoms with E-state index in [1.807, 2.05) is 33.7 Å². The fraction of sp³-hybridized carbons (Fsp3) is 0.250. The van der Waals surface area contributed by atoms with Gasteiger partial charge < -0.3 is 15.2 Å². The van der Waals surface area contributed by atoms with Gasteiger partial charge in [0.25, 0.3) is 11.8 Å². The molecule has 1 aromatic carbocycles. The van der Waals surface area contributed by atoms with Gasteiger partial charge in [0.15, 0.2) is 11.5 Å². The number of imidazole rings is 1. The number of hydrogen-bond acceptors (Lipinski definition) is 6. The molecule has 24 heavy (non-hydrogen) atoms. The Balaban J connectivity index is 1.75. The van der Waals surface area contributed by atoms with Crippen LogP contribution in [0.25, 0.3) is 17.3 Å². The van der Waals surface area contributed by atoms with Gasteiger partial charge in [-0.2, -0.15) is 4.98 Å². The summed E-state index contributed by atoms with van der Waals surface area (Å²) in [5, 5.41) is 3.84. The molecule has 0 spiro atoms. The zero-order valence-corrected chi connectivity index (χ0v) is 12.7. The molecule has 0 bridgehead atoms. The molecule has 1 saturated heterocycles. The van der Waals surface area contributed by atoms with Crippen molar-refractivity contribution in [2.75, 3.05) is 6.54 Å². The van der Waals surface area contributed by atoms with Gasteiger partial charge in [-0.15, -0.1) is 0 Å². The summed E-state index contributed by atoms with van der Waals surface area (Å²) in [5.41, 5.74) is 8.58. The Kier molecular flexibility index (Phi) is 2.66. The second kappa shape index (κ2) is 4.75. The van der Waals surface area contributed by atoms with Crippen molar-refractivity contribution in [3.05, 3.63) is 47.7 Å². The average Bonchev–Trinajstić information content (AvgIpc) is 3.19. The minimum Gasteiger partial charge on any atom is -0.332 e. The van der Waals surface area contributed by atoms with Gasteiger partial charge in [0.1, 0.15) is 6.33 Å². The van der Waals surface area contributed by atoms with Gasteiger partial charge in [0.2, 0.25) is 0 Å². The minimum absolute atomic E-state index is 0.0318. The molecule has 8 nitrogen and oxygen atoms in total. The normalized spacial score (nSPS) is 18.5. The number of benzene rings is 1. The molecule has 0 aliphatic carbocycles. The number of carbonyl (C=O) groups excluding carboxylic acids is 1. The summed E-state index contributed by atoms with van der Waals surface area (Å²) in [6.07, 6.45) is 2.60. The average molecular weight is 322 g/mol.